The lowest BCUT2D eigenvalue weighted by Crippen LogP contribution is -2.30. The molecule has 1 aliphatic rings. The standard InChI is InChI=1S/C18H16ClN3O2/c1-22(18(23)15-8-13(19)10-21-17(15)24-2)16-6-5-12-4-3-11(9-20)7-14(12)16/h3-4,7-8,10,16H,5-6H2,1-2H3. The molecule has 0 bridgehead atoms. The average Bonchev–Trinajstić information content (AvgIpc) is 3.03. The van der Waals surface area contributed by atoms with Crippen molar-refractivity contribution >= 4 is 17.5 Å². The lowest BCUT2D eigenvalue weighted by molar-refractivity contribution is 0.0726. The number of aromatic nitrogens is 1. The van der Waals surface area contributed by atoms with Crippen molar-refractivity contribution in [1.29, 1.82) is 5.26 Å². The Balaban J connectivity index is 1.94. The molecule has 1 amide bonds. The number of benzene rings is 1. The van der Waals surface area contributed by atoms with Crippen LogP contribution in [0.2, 0.25) is 5.02 Å². The number of aryl methyl sites for hydroxylation is 1. The van der Waals surface area contributed by atoms with Crippen LogP contribution in [0.25, 0.3) is 0 Å². The van der Waals surface area contributed by atoms with Crippen LogP contribution in [0.15, 0.2) is 30.5 Å². The summed E-state index contributed by atoms with van der Waals surface area (Å²) in [5.41, 5.74) is 3.13. The van der Waals surface area contributed by atoms with Gasteiger partial charge in [-0.25, -0.2) is 4.98 Å². The molecule has 1 aromatic carbocycles. The van der Waals surface area contributed by atoms with Gasteiger partial charge in [-0.3, -0.25) is 4.79 Å². The van der Waals surface area contributed by atoms with Crippen LogP contribution < -0.4 is 4.74 Å². The summed E-state index contributed by atoms with van der Waals surface area (Å²) in [7, 11) is 3.22. The minimum atomic E-state index is -0.206. The van der Waals surface area contributed by atoms with E-state index in [1.165, 1.54) is 18.9 Å². The molecule has 1 aromatic heterocycles. The van der Waals surface area contributed by atoms with Crippen molar-refractivity contribution in [3.05, 3.63) is 57.7 Å². The molecule has 1 atom stereocenters. The number of hydrogen-bond donors (Lipinski definition) is 0. The van der Waals surface area contributed by atoms with Crippen LogP contribution >= 0.6 is 11.6 Å². The fourth-order valence-corrected chi connectivity index (χ4v) is 3.28. The van der Waals surface area contributed by atoms with Gasteiger partial charge >= 0.3 is 0 Å². The second-order valence-corrected chi connectivity index (χ2v) is 6.14. The molecule has 0 radical (unpaired) electrons. The van der Waals surface area contributed by atoms with Crippen molar-refractivity contribution in [3.63, 3.8) is 0 Å². The summed E-state index contributed by atoms with van der Waals surface area (Å²) in [6.07, 6.45) is 3.15. The predicted molar refractivity (Wildman–Crippen MR) is 90.1 cm³/mol. The fraction of sp³-hybridized carbons (Fsp3) is 0.278. The van der Waals surface area contributed by atoms with Crippen molar-refractivity contribution in [1.82, 2.24) is 9.88 Å². The van der Waals surface area contributed by atoms with E-state index in [9.17, 15) is 4.79 Å². The molecule has 5 nitrogen and oxygen atoms in total. The topological polar surface area (TPSA) is 66.2 Å². The number of nitrogens with zero attached hydrogens (tertiary/aromatic N) is 3. The highest BCUT2D eigenvalue weighted by molar-refractivity contribution is 6.30. The Morgan fingerprint density at radius 1 is 1.46 bits per heavy atom. The maximum absolute atomic E-state index is 12.9. The van der Waals surface area contributed by atoms with Gasteiger partial charge in [-0.1, -0.05) is 17.7 Å². The first-order valence-corrected chi connectivity index (χ1v) is 7.92. The van der Waals surface area contributed by atoms with E-state index in [0.29, 0.717) is 16.1 Å². The molecule has 1 heterocycles. The van der Waals surface area contributed by atoms with E-state index in [2.05, 4.69) is 11.1 Å². The molecule has 3 rings (SSSR count). The van der Waals surface area contributed by atoms with Gasteiger partial charge in [0.05, 0.1) is 29.8 Å². The van der Waals surface area contributed by atoms with Crippen LogP contribution in [0.4, 0.5) is 0 Å². The normalized spacial score (nSPS) is 15.5. The minimum absolute atomic E-state index is 0.0792. The zero-order chi connectivity index (χ0) is 17.3. The number of rotatable bonds is 3. The van der Waals surface area contributed by atoms with Crippen LogP contribution in [0.1, 0.15) is 39.5 Å². The fourth-order valence-electron chi connectivity index (χ4n) is 3.13. The molecule has 6 heteroatoms. The molecular formula is C18H16ClN3O2. The van der Waals surface area contributed by atoms with E-state index < -0.39 is 0 Å². The average molecular weight is 342 g/mol. The molecule has 0 N–H and O–H groups in total. The van der Waals surface area contributed by atoms with Crippen molar-refractivity contribution < 1.29 is 9.53 Å². The molecule has 0 saturated heterocycles. The van der Waals surface area contributed by atoms with Crippen LogP contribution in [0.5, 0.6) is 5.88 Å². The van der Waals surface area contributed by atoms with Gasteiger partial charge in [0.15, 0.2) is 0 Å². The lowest BCUT2D eigenvalue weighted by Gasteiger charge is -2.26. The first kappa shape index (κ1) is 16.3. The van der Waals surface area contributed by atoms with Crippen LogP contribution in [-0.2, 0) is 6.42 Å². The van der Waals surface area contributed by atoms with E-state index in [-0.39, 0.29) is 17.8 Å². The van der Waals surface area contributed by atoms with Gasteiger partial charge in [0.25, 0.3) is 5.91 Å². The SMILES string of the molecule is COc1ncc(Cl)cc1C(=O)N(C)C1CCc2ccc(C#N)cc21. The summed E-state index contributed by atoms with van der Waals surface area (Å²) in [5.74, 6) is 0.0438. The molecule has 2 aromatic rings. The summed E-state index contributed by atoms with van der Waals surface area (Å²) in [5, 5.41) is 9.49. The Labute approximate surface area is 145 Å². The largest absolute Gasteiger partial charge is 0.480 e. The summed E-state index contributed by atoms with van der Waals surface area (Å²) < 4.78 is 5.18. The predicted octanol–water partition coefficient (Wildman–Crippen LogP) is 3.37. The van der Waals surface area contributed by atoms with Gasteiger partial charge in [0.1, 0.15) is 5.56 Å². The molecule has 0 spiro atoms. The zero-order valence-electron chi connectivity index (χ0n) is 13.4. The van der Waals surface area contributed by atoms with E-state index in [1.54, 1.807) is 18.0 Å². The van der Waals surface area contributed by atoms with Crippen LogP contribution in [0.3, 0.4) is 0 Å². The van der Waals surface area contributed by atoms with Crippen LogP contribution in [-0.4, -0.2) is 29.9 Å². The highest BCUT2D eigenvalue weighted by Gasteiger charge is 2.31. The maximum atomic E-state index is 12.9. The molecule has 1 aliphatic carbocycles. The van der Waals surface area contributed by atoms with Crippen molar-refractivity contribution in [3.8, 4) is 11.9 Å². The summed E-state index contributed by atoms with van der Waals surface area (Å²) in [6.45, 7) is 0. The number of methoxy groups -OCH3 is 1. The number of fused-ring (bicyclic) bond motifs is 1. The first-order chi connectivity index (χ1) is 11.5. The van der Waals surface area contributed by atoms with E-state index in [4.69, 9.17) is 21.6 Å². The number of ether oxygens (including phenoxy) is 1. The maximum Gasteiger partial charge on any atom is 0.259 e. The summed E-state index contributed by atoms with van der Waals surface area (Å²) in [4.78, 5) is 18.6. The second-order valence-electron chi connectivity index (χ2n) is 5.71. The van der Waals surface area contributed by atoms with Gasteiger partial charge in [0.2, 0.25) is 5.88 Å². The Bertz CT molecular complexity index is 845. The summed E-state index contributed by atoms with van der Waals surface area (Å²) in [6, 6.07) is 9.28. The number of nitriles is 1. The van der Waals surface area contributed by atoms with Gasteiger partial charge in [0, 0.05) is 13.2 Å². The molecule has 24 heavy (non-hydrogen) atoms. The van der Waals surface area contributed by atoms with E-state index in [0.717, 1.165) is 18.4 Å². The molecule has 0 aliphatic heterocycles. The molecule has 122 valence electrons. The summed E-state index contributed by atoms with van der Waals surface area (Å²) >= 11 is 5.98. The zero-order valence-corrected chi connectivity index (χ0v) is 14.2. The Morgan fingerprint density at radius 3 is 2.96 bits per heavy atom. The number of amides is 1. The van der Waals surface area contributed by atoms with Gasteiger partial charge in [-0.2, -0.15) is 5.26 Å². The number of carbonyl (C=O) groups excluding carboxylic acids is 1. The number of carbonyl (C=O) groups is 1. The van der Waals surface area contributed by atoms with Gasteiger partial charge < -0.3 is 9.64 Å². The quantitative estimate of drug-likeness (QED) is 0.858. The number of pyridine rings is 1. The molecular weight excluding hydrogens is 326 g/mol. The Morgan fingerprint density at radius 2 is 2.25 bits per heavy atom. The third-order valence-electron chi connectivity index (χ3n) is 4.35. The second kappa shape index (κ2) is 6.50. The number of hydrogen-bond acceptors (Lipinski definition) is 4. The third-order valence-corrected chi connectivity index (χ3v) is 4.56. The molecule has 0 fully saturated rings. The monoisotopic (exact) mass is 341 g/mol. The van der Waals surface area contributed by atoms with Crippen molar-refractivity contribution in [2.24, 2.45) is 0 Å². The van der Waals surface area contributed by atoms with Crippen LogP contribution in [0, 0.1) is 11.3 Å². The van der Waals surface area contributed by atoms with Gasteiger partial charge in [-0.05, 0) is 42.2 Å². The van der Waals surface area contributed by atoms with E-state index >= 15 is 0 Å². The number of halogens is 1. The highest BCUT2D eigenvalue weighted by Crippen LogP contribution is 2.37. The van der Waals surface area contributed by atoms with Crippen molar-refractivity contribution in [2.45, 2.75) is 18.9 Å². The first-order valence-electron chi connectivity index (χ1n) is 7.54. The molecule has 0 saturated carbocycles. The highest BCUT2D eigenvalue weighted by atomic mass is 35.5. The Kier molecular flexibility index (Phi) is 4.41. The smallest absolute Gasteiger partial charge is 0.259 e. The van der Waals surface area contributed by atoms with Crippen molar-refractivity contribution in [2.75, 3.05) is 14.2 Å². The third kappa shape index (κ3) is 2.81. The minimum Gasteiger partial charge on any atom is -0.480 e. The lowest BCUT2D eigenvalue weighted by atomic mass is 10.0. The Hall–Kier alpha value is -2.58. The van der Waals surface area contributed by atoms with Gasteiger partial charge in [-0.15, -0.1) is 0 Å². The molecule has 1 unspecified atom stereocenters. The van der Waals surface area contributed by atoms with E-state index in [1.807, 2.05) is 18.2 Å².